The van der Waals surface area contributed by atoms with Gasteiger partial charge in [0, 0.05) is 0 Å². The van der Waals surface area contributed by atoms with Gasteiger partial charge in [-0.15, -0.1) is 0 Å². The average Bonchev–Trinajstić information content (AvgIpc) is 1.65. The molecule has 0 fully saturated rings. The number of hydrogen-bond donors (Lipinski definition) is 0. The molecule has 1 unspecified atom stereocenters. The quantitative estimate of drug-likeness (QED) is 0.471. The summed E-state index contributed by atoms with van der Waals surface area (Å²) in [7, 11) is 3.59. The predicted octanol–water partition coefficient (Wildman–Crippen LogP) is 0.715. The van der Waals surface area contributed by atoms with Gasteiger partial charge in [0.1, 0.15) is 6.23 Å². The molecule has 0 bridgehead atoms. The van der Waals surface area contributed by atoms with Crippen LogP contribution in [-0.2, 0) is 5.11 Å². The van der Waals surface area contributed by atoms with Gasteiger partial charge < -0.3 is 0 Å². The molecule has 1 radical (unpaired) electrons. The molecule has 0 spiro atoms. The Morgan fingerprint density at radius 2 is 2.00 bits per heavy atom. The maximum atomic E-state index is 10.5. The molecule has 2 nitrogen and oxygen atoms in total. The first-order chi connectivity index (χ1) is 3.18. The standard InChI is InChI=1S/C5H12NO/c1-4-5(7)6(2)3/h5H,4H2,1-3H3. The maximum absolute atomic E-state index is 10.5. The Bertz CT molecular complexity index is 45.3. The van der Waals surface area contributed by atoms with Crippen molar-refractivity contribution in [1.29, 1.82) is 0 Å². The molecule has 1 atom stereocenters. The molecule has 0 aliphatic heterocycles. The fourth-order valence-corrected chi connectivity index (χ4v) is 0.365. The third kappa shape index (κ3) is 2.60. The molecule has 0 saturated heterocycles. The van der Waals surface area contributed by atoms with Gasteiger partial charge in [-0.25, -0.2) is 5.11 Å². The Kier molecular flexibility index (Phi) is 2.96. The second-order valence-corrected chi connectivity index (χ2v) is 1.83. The van der Waals surface area contributed by atoms with Gasteiger partial charge in [0.25, 0.3) is 0 Å². The first-order valence-corrected chi connectivity index (χ1v) is 2.50. The Balaban J connectivity index is 3.14. The molecule has 0 amide bonds. The Morgan fingerprint density at radius 1 is 1.57 bits per heavy atom. The molecule has 0 saturated carbocycles. The molecule has 0 aliphatic rings. The lowest BCUT2D eigenvalue weighted by Gasteiger charge is -2.12. The summed E-state index contributed by atoms with van der Waals surface area (Å²) >= 11 is 0. The van der Waals surface area contributed by atoms with Gasteiger partial charge in [-0.3, -0.25) is 4.90 Å². The van der Waals surface area contributed by atoms with Gasteiger partial charge in [-0.1, -0.05) is 6.92 Å². The van der Waals surface area contributed by atoms with Crippen molar-refractivity contribution in [3.05, 3.63) is 0 Å². The van der Waals surface area contributed by atoms with Gasteiger partial charge >= 0.3 is 0 Å². The van der Waals surface area contributed by atoms with Crippen molar-refractivity contribution in [2.45, 2.75) is 19.6 Å². The Labute approximate surface area is 44.8 Å². The SMILES string of the molecule is CCC([O])N(C)C. The van der Waals surface area contributed by atoms with E-state index in [0.717, 1.165) is 0 Å². The number of rotatable bonds is 2. The summed E-state index contributed by atoms with van der Waals surface area (Å²) in [5.74, 6) is 0. The van der Waals surface area contributed by atoms with Crippen LogP contribution in [-0.4, -0.2) is 25.2 Å². The van der Waals surface area contributed by atoms with E-state index in [1.165, 1.54) is 0 Å². The Hall–Kier alpha value is -0.0800. The summed E-state index contributed by atoms with van der Waals surface area (Å²) in [6.45, 7) is 1.89. The lowest BCUT2D eigenvalue weighted by molar-refractivity contribution is -0.0224. The second kappa shape index (κ2) is 2.99. The van der Waals surface area contributed by atoms with Gasteiger partial charge in [-0.05, 0) is 20.5 Å². The van der Waals surface area contributed by atoms with Crippen molar-refractivity contribution >= 4 is 0 Å². The van der Waals surface area contributed by atoms with Crippen LogP contribution in [0.2, 0.25) is 0 Å². The van der Waals surface area contributed by atoms with Crippen LogP contribution in [0.4, 0.5) is 0 Å². The van der Waals surface area contributed by atoms with Crippen molar-refractivity contribution in [2.24, 2.45) is 0 Å². The summed E-state index contributed by atoms with van der Waals surface area (Å²) < 4.78 is 0. The van der Waals surface area contributed by atoms with E-state index in [1.807, 2.05) is 6.92 Å². The van der Waals surface area contributed by atoms with Gasteiger partial charge in [0.05, 0.1) is 0 Å². The average molecular weight is 102 g/mol. The molecule has 43 valence electrons. The summed E-state index contributed by atoms with van der Waals surface area (Å²) in [4.78, 5) is 1.67. The van der Waals surface area contributed by atoms with Crippen molar-refractivity contribution < 1.29 is 5.11 Å². The van der Waals surface area contributed by atoms with E-state index in [2.05, 4.69) is 0 Å². The molecular weight excluding hydrogens is 90.1 g/mol. The van der Waals surface area contributed by atoms with Crippen LogP contribution < -0.4 is 0 Å². The third-order valence-corrected chi connectivity index (χ3v) is 0.925. The second-order valence-electron chi connectivity index (χ2n) is 1.83. The minimum atomic E-state index is -0.514. The maximum Gasteiger partial charge on any atom is 0.145 e. The van der Waals surface area contributed by atoms with Crippen LogP contribution in [0.5, 0.6) is 0 Å². The fraction of sp³-hybridized carbons (Fsp3) is 1.00. The molecule has 0 aromatic carbocycles. The van der Waals surface area contributed by atoms with Crippen LogP contribution in [0, 0.1) is 0 Å². The summed E-state index contributed by atoms with van der Waals surface area (Å²) in [5, 5.41) is 10.5. The zero-order chi connectivity index (χ0) is 5.86. The van der Waals surface area contributed by atoms with Crippen LogP contribution in [0.25, 0.3) is 0 Å². The van der Waals surface area contributed by atoms with E-state index in [0.29, 0.717) is 6.42 Å². The lowest BCUT2D eigenvalue weighted by Crippen LogP contribution is -2.24. The molecule has 0 aromatic rings. The summed E-state index contributed by atoms with van der Waals surface area (Å²) in [5.41, 5.74) is 0. The predicted molar refractivity (Wildman–Crippen MR) is 28.5 cm³/mol. The molecular formula is C5H12NO. The van der Waals surface area contributed by atoms with Gasteiger partial charge in [0.2, 0.25) is 0 Å². The van der Waals surface area contributed by atoms with Crippen molar-refractivity contribution in [2.75, 3.05) is 14.1 Å². The zero-order valence-electron chi connectivity index (χ0n) is 5.14. The molecule has 0 N–H and O–H groups in total. The van der Waals surface area contributed by atoms with Gasteiger partial charge in [0.15, 0.2) is 0 Å². The molecule has 0 rings (SSSR count). The summed E-state index contributed by atoms with van der Waals surface area (Å²) in [6.07, 6.45) is 0.174. The Morgan fingerprint density at radius 3 is 2.00 bits per heavy atom. The number of hydrogen-bond acceptors (Lipinski definition) is 1. The van der Waals surface area contributed by atoms with E-state index in [-0.39, 0.29) is 0 Å². The summed E-state index contributed by atoms with van der Waals surface area (Å²) in [6, 6.07) is 0. The third-order valence-electron chi connectivity index (χ3n) is 0.925. The molecule has 0 aromatic heterocycles. The zero-order valence-corrected chi connectivity index (χ0v) is 5.14. The minimum Gasteiger partial charge on any atom is -0.282 e. The first-order valence-electron chi connectivity index (χ1n) is 2.50. The van der Waals surface area contributed by atoms with Crippen LogP contribution >= 0.6 is 0 Å². The van der Waals surface area contributed by atoms with E-state index in [4.69, 9.17) is 0 Å². The van der Waals surface area contributed by atoms with E-state index >= 15 is 0 Å². The highest BCUT2D eigenvalue weighted by Gasteiger charge is 2.01. The normalized spacial score (nSPS) is 15.0. The van der Waals surface area contributed by atoms with Crippen molar-refractivity contribution in [1.82, 2.24) is 4.90 Å². The molecule has 0 heterocycles. The minimum absolute atomic E-state index is 0.514. The molecule has 0 aliphatic carbocycles. The first kappa shape index (κ1) is 6.92. The van der Waals surface area contributed by atoms with E-state index in [9.17, 15) is 5.11 Å². The van der Waals surface area contributed by atoms with Crippen LogP contribution in [0.1, 0.15) is 13.3 Å². The highest BCUT2D eigenvalue weighted by Crippen LogP contribution is 1.91. The lowest BCUT2D eigenvalue weighted by atomic mass is 10.4. The molecule has 7 heavy (non-hydrogen) atoms. The van der Waals surface area contributed by atoms with Gasteiger partial charge in [-0.2, -0.15) is 0 Å². The van der Waals surface area contributed by atoms with Crippen molar-refractivity contribution in [3.8, 4) is 0 Å². The molecule has 2 heteroatoms. The van der Waals surface area contributed by atoms with Crippen LogP contribution in [0.15, 0.2) is 0 Å². The van der Waals surface area contributed by atoms with Crippen molar-refractivity contribution in [3.63, 3.8) is 0 Å². The highest BCUT2D eigenvalue weighted by atomic mass is 16.3. The highest BCUT2D eigenvalue weighted by molar-refractivity contribution is 4.43. The monoisotopic (exact) mass is 102 g/mol. The number of nitrogens with zero attached hydrogens (tertiary/aromatic N) is 1. The largest absolute Gasteiger partial charge is 0.282 e. The fourth-order valence-electron chi connectivity index (χ4n) is 0.365. The topological polar surface area (TPSA) is 23.1 Å². The van der Waals surface area contributed by atoms with E-state index < -0.39 is 6.23 Å². The van der Waals surface area contributed by atoms with Crippen LogP contribution in [0.3, 0.4) is 0 Å². The van der Waals surface area contributed by atoms with E-state index in [1.54, 1.807) is 19.0 Å². The smallest absolute Gasteiger partial charge is 0.145 e.